The lowest BCUT2D eigenvalue weighted by molar-refractivity contribution is 0.189. The summed E-state index contributed by atoms with van der Waals surface area (Å²) in [6.45, 7) is 3.79. The van der Waals surface area contributed by atoms with Crippen molar-refractivity contribution in [1.29, 1.82) is 0 Å². The Kier molecular flexibility index (Phi) is 6.98. The number of hydrogen-bond donors (Lipinski definition) is 1. The van der Waals surface area contributed by atoms with E-state index in [-0.39, 0.29) is 0 Å². The molecule has 0 bridgehead atoms. The average Bonchev–Trinajstić information content (AvgIpc) is 2.45. The van der Waals surface area contributed by atoms with E-state index < -0.39 is 10.0 Å². The number of methoxy groups -OCH3 is 1. The molecular formula is C14H24N2O3S. The minimum Gasteiger partial charge on any atom is -0.385 e. The first kappa shape index (κ1) is 16.9. The van der Waals surface area contributed by atoms with E-state index in [0.717, 1.165) is 13.0 Å². The number of benzene rings is 1. The predicted octanol–water partition coefficient (Wildman–Crippen LogP) is 2.17. The first-order valence-electron chi connectivity index (χ1n) is 6.82. The Hall–Kier alpha value is -1.11. The number of anilines is 1. The van der Waals surface area contributed by atoms with Gasteiger partial charge in [-0.15, -0.1) is 0 Å². The summed E-state index contributed by atoms with van der Waals surface area (Å²) in [7, 11) is -0.257. The Morgan fingerprint density at radius 3 is 2.65 bits per heavy atom. The number of ether oxygens (including phenoxy) is 1. The molecule has 0 aromatic heterocycles. The highest BCUT2D eigenvalue weighted by molar-refractivity contribution is 7.89. The number of rotatable bonds is 9. The van der Waals surface area contributed by atoms with Gasteiger partial charge in [0.2, 0.25) is 10.0 Å². The molecule has 0 saturated heterocycles. The largest absolute Gasteiger partial charge is 0.385 e. The van der Waals surface area contributed by atoms with Crippen molar-refractivity contribution in [3.63, 3.8) is 0 Å². The van der Waals surface area contributed by atoms with Crippen molar-refractivity contribution in [3.05, 3.63) is 24.3 Å². The zero-order valence-electron chi connectivity index (χ0n) is 12.4. The third-order valence-electron chi connectivity index (χ3n) is 2.96. The highest BCUT2D eigenvalue weighted by Gasteiger charge is 2.23. The molecule has 1 rings (SSSR count). The lowest BCUT2D eigenvalue weighted by atomic mass is 10.3. The van der Waals surface area contributed by atoms with Gasteiger partial charge < -0.3 is 10.1 Å². The van der Waals surface area contributed by atoms with E-state index in [1.54, 1.807) is 32.4 Å². The summed E-state index contributed by atoms with van der Waals surface area (Å²) in [5, 5.41) is 3.16. The summed E-state index contributed by atoms with van der Waals surface area (Å²) in [6.07, 6.45) is 1.62. The molecule has 0 saturated carbocycles. The first-order chi connectivity index (χ1) is 9.54. The molecule has 0 spiro atoms. The molecule has 0 heterocycles. The Morgan fingerprint density at radius 2 is 2.00 bits per heavy atom. The van der Waals surface area contributed by atoms with E-state index in [0.29, 0.717) is 30.2 Å². The normalized spacial score (nSPS) is 11.8. The molecule has 5 nitrogen and oxygen atoms in total. The van der Waals surface area contributed by atoms with Crippen LogP contribution >= 0.6 is 0 Å². The van der Waals surface area contributed by atoms with E-state index in [1.807, 2.05) is 13.0 Å². The fourth-order valence-corrected chi connectivity index (χ4v) is 3.19. The maximum atomic E-state index is 12.6. The molecule has 0 aliphatic carbocycles. The van der Waals surface area contributed by atoms with E-state index in [4.69, 9.17) is 4.74 Å². The zero-order valence-corrected chi connectivity index (χ0v) is 13.2. The molecule has 0 aliphatic heterocycles. The third-order valence-corrected chi connectivity index (χ3v) is 4.88. The lowest BCUT2D eigenvalue weighted by Crippen LogP contribution is -2.29. The van der Waals surface area contributed by atoms with Crippen LogP contribution in [0.15, 0.2) is 29.2 Å². The fourth-order valence-electron chi connectivity index (χ4n) is 1.82. The van der Waals surface area contributed by atoms with Crippen LogP contribution in [0.1, 0.15) is 19.8 Å². The number of nitrogens with one attached hydrogen (secondary N) is 1. The summed E-state index contributed by atoms with van der Waals surface area (Å²) in [4.78, 5) is 0.327. The van der Waals surface area contributed by atoms with Crippen LogP contribution in [0.2, 0.25) is 0 Å². The van der Waals surface area contributed by atoms with Gasteiger partial charge in [-0.2, -0.15) is 0 Å². The summed E-state index contributed by atoms with van der Waals surface area (Å²) >= 11 is 0. The Morgan fingerprint density at radius 1 is 1.30 bits per heavy atom. The maximum absolute atomic E-state index is 12.6. The van der Waals surface area contributed by atoms with Crippen LogP contribution in [0.25, 0.3) is 0 Å². The highest BCUT2D eigenvalue weighted by atomic mass is 32.2. The second-order valence-corrected chi connectivity index (χ2v) is 6.61. The minimum absolute atomic E-state index is 0.327. The van der Waals surface area contributed by atoms with Gasteiger partial charge in [0.15, 0.2) is 0 Å². The molecule has 6 heteroatoms. The zero-order chi connectivity index (χ0) is 15.0. The van der Waals surface area contributed by atoms with E-state index in [1.165, 1.54) is 4.31 Å². The van der Waals surface area contributed by atoms with Gasteiger partial charge in [-0.25, -0.2) is 12.7 Å². The molecule has 114 valence electrons. The third kappa shape index (κ3) is 4.47. The van der Waals surface area contributed by atoms with Crippen LogP contribution < -0.4 is 5.32 Å². The second-order valence-electron chi connectivity index (χ2n) is 4.60. The monoisotopic (exact) mass is 300 g/mol. The van der Waals surface area contributed by atoms with Gasteiger partial charge in [-0.05, 0) is 25.0 Å². The summed E-state index contributed by atoms with van der Waals surface area (Å²) < 4.78 is 31.4. The minimum atomic E-state index is -3.47. The molecule has 0 aliphatic rings. The van der Waals surface area contributed by atoms with Gasteiger partial charge in [-0.1, -0.05) is 19.1 Å². The molecule has 1 aromatic rings. The number of hydrogen-bond acceptors (Lipinski definition) is 4. The number of nitrogens with zero attached hydrogens (tertiary/aromatic N) is 1. The van der Waals surface area contributed by atoms with Gasteiger partial charge in [0, 0.05) is 33.9 Å². The van der Waals surface area contributed by atoms with Crippen molar-refractivity contribution < 1.29 is 13.2 Å². The van der Waals surface area contributed by atoms with Crippen molar-refractivity contribution in [2.24, 2.45) is 0 Å². The van der Waals surface area contributed by atoms with Crippen molar-refractivity contribution >= 4 is 15.7 Å². The van der Waals surface area contributed by atoms with Gasteiger partial charge in [-0.3, -0.25) is 0 Å². The molecule has 0 atom stereocenters. The van der Waals surface area contributed by atoms with Gasteiger partial charge >= 0.3 is 0 Å². The summed E-state index contributed by atoms with van der Waals surface area (Å²) in [5.74, 6) is 0. The maximum Gasteiger partial charge on any atom is 0.244 e. The SMILES string of the molecule is CCCNc1ccccc1S(=O)(=O)N(C)CCCOC. The van der Waals surface area contributed by atoms with Gasteiger partial charge in [0.1, 0.15) is 4.90 Å². The van der Waals surface area contributed by atoms with Crippen LogP contribution in [0.5, 0.6) is 0 Å². The molecule has 1 aromatic carbocycles. The van der Waals surface area contributed by atoms with Crippen LogP contribution in [0.4, 0.5) is 5.69 Å². The highest BCUT2D eigenvalue weighted by Crippen LogP contribution is 2.23. The fraction of sp³-hybridized carbons (Fsp3) is 0.571. The Bertz CT molecular complexity index is 503. The molecular weight excluding hydrogens is 276 g/mol. The summed E-state index contributed by atoms with van der Waals surface area (Å²) in [5.41, 5.74) is 0.660. The van der Waals surface area contributed by atoms with Gasteiger partial charge in [0.05, 0.1) is 5.69 Å². The molecule has 0 unspecified atom stereocenters. The van der Waals surface area contributed by atoms with Crippen LogP contribution in [0, 0.1) is 0 Å². The van der Waals surface area contributed by atoms with Crippen molar-refractivity contribution in [2.45, 2.75) is 24.7 Å². The van der Waals surface area contributed by atoms with Crippen molar-refractivity contribution in [1.82, 2.24) is 4.31 Å². The molecule has 0 radical (unpaired) electrons. The van der Waals surface area contributed by atoms with Crippen molar-refractivity contribution in [3.8, 4) is 0 Å². The topological polar surface area (TPSA) is 58.6 Å². The quantitative estimate of drug-likeness (QED) is 0.710. The van der Waals surface area contributed by atoms with E-state index in [9.17, 15) is 8.42 Å². The molecule has 1 N–H and O–H groups in total. The van der Waals surface area contributed by atoms with Crippen molar-refractivity contribution in [2.75, 3.05) is 39.2 Å². The molecule has 0 amide bonds. The average molecular weight is 300 g/mol. The Labute approximate surface area is 122 Å². The second kappa shape index (κ2) is 8.24. The van der Waals surface area contributed by atoms with E-state index in [2.05, 4.69) is 5.32 Å². The molecule has 20 heavy (non-hydrogen) atoms. The molecule has 0 fully saturated rings. The summed E-state index contributed by atoms with van der Waals surface area (Å²) in [6, 6.07) is 7.01. The Balaban J connectivity index is 2.90. The number of sulfonamides is 1. The van der Waals surface area contributed by atoms with Crippen LogP contribution in [-0.4, -0.2) is 46.6 Å². The number of para-hydroxylation sites is 1. The van der Waals surface area contributed by atoms with E-state index >= 15 is 0 Å². The lowest BCUT2D eigenvalue weighted by Gasteiger charge is -2.19. The van der Waals surface area contributed by atoms with Crippen LogP contribution in [-0.2, 0) is 14.8 Å². The standard InChI is InChI=1S/C14H24N2O3S/c1-4-10-15-13-8-5-6-9-14(13)20(17,18)16(2)11-7-12-19-3/h5-6,8-9,15H,4,7,10-12H2,1-3H3. The first-order valence-corrected chi connectivity index (χ1v) is 8.26. The predicted molar refractivity (Wildman–Crippen MR) is 81.5 cm³/mol. The van der Waals surface area contributed by atoms with Gasteiger partial charge in [0.25, 0.3) is 0 Å². The smallest absolute Gasteiger partial charge is 0.244 e. The van der Waals surface area contributed by atoms with Crippen LogP contribution in [0.3, 0.4) is 0 Å².